The summed E-state index contributed by atoms with van der Waals surface area (Å²) in [7, 11) is 0. The lowest BCUT2D eigenvalue weighted by Gasteiger charge is -2.20. The average molecular weight is 450 g/mol. The Bertz CT molecular complexity index is 1110. The van der Waals surface area contributed by atoms with Crippen molar-refractivity contribution in [3.63, 3.8) is 0 Å². The lowest BCUT2D eigenvalue weighted by molar-refractivity contribution is -0.140. The highest BCUT2D eigenvalue weighted by atomic mass is 16.6. The Kier molecular flexibility index (Phi) is 5.62. The maximum Gasteiger partial charge on any atom is 0.338 e. The standard InChI is InChI=1S/C25H27N3O5/c1-16-20-11-10-17(7-6-12-25(2)22(33-25)21(20)32-23(16)29)13-28-14-19(26-27-28)15-31-24(30)18-8-4-3-5-9-18/h3-5,7-9,14,20-22H,1,6,10-13,15H2,2H3/b17-7+/t20-,21-,22-,25+/m0/s1. The molecule has 1 aromatic carbocycles. The molecule has 5 rings (SSSR count). The minimum Gasteiger partial charge on any atom is -0.455 e. The SMILES string of the molecule is C=C1C(=O)O[C@H]2[C@H]1CC/C(Cn1cc(COC(=O)c3ccccc3)nn1)=C\CC[C@@]1(C)O[C@@H]21. The summed E-state index contributed by atoms with van der Waals surface area (Å²) < 4.78 is 18.7. The molecule has 0 radical (unpaired) electrons. The van der Waals surface area contributed by atoms with Gasteiger partial charge in [0.25, 0.3) is 0 Å². The van der Waals surface area contributed by atoms with Crippen molar-refractivity contribution in [1.82, 2.24) is 15.0 Å². The molecule has 33 heavy (non-hydrogen) atoms. The smallest absolute Gasteiger partial charge is 0.338 e. The van der Waals surface area contributed by atoms with E-state index in [9.17, 15) is 9.59 Å². The van der Waals surface area contributed by atoms with Gasteiger partial charge in [0.15, 0.2) is 0 Å². The van der Waals surface area contributed by atoms with E-state index in [4.69, 9.17) is 14.2 Å². The fourth-order valence-corrected chi connectivity index (χ4v) is 4.75. The lowest BCUT2D eigenvalue weighted by atomic mass is 9.84. The first kappa shape index (κ1) is 21.6. The molecule has 0 spiro atoms. The van der Waals surface area contributed by atoms with Crippen LogP contribution in [-0.4, -0.2) is 44.7 Å². The minimum absolute atomic E-state index is 0.0328. The van der Waals surface area contributed by atoms with Gasteiger partial charge in [0.05, 0.1) is 23.9 Å². The number of esters is 2. The quantitative estimate of drug-likeness (QED) is 0.299. The van der Waals surface area contributed by atoms with E-state index in [1.807, 2.05) is 6.07 Å². The number of nitrogens with zero attached hydrogens (tertiary/aromatic N) is 3. The van der Waals surface area contributed by atoms with Gasteiger partial charge in [0, 0.05) is 11.5 Å². The Balaban J connectivity index is 1.22. The molecule has 8 heteroatoms. The number of ether oxygens (including phenoxy) is 3. The van der Waals surface area contributed by atoms with E-state index in [0.717, 1.165) is 25.7 Å². The maximum atomic E-state index is 12.1. The van der Waals surface area contributed by atoms with Gasteiger partial charge in [-0.1, -0.05) is 41.6 Å². The van der Waals surface area contributed by atoms with Crippen LogP contribution >= 0.6 is 0 Å². The Labute approximate surface area is 192 Å². The number of hydrogen-bond donors (Lipinski definition) is 0. The largest absolute Gasteiger partial charge is 0.455 e. The normalized spacial score (nSPS) is 30.5. The molecule has 4 atom stereocenters. The molecule has 1 aliphatic carbocycles. The summed E-state index contributed by atoms with van der Waals surface area (Å²) >= 11 is 0. The molecule has 2 saturated heterocycles. The molecular weight excluding hydrogens is 422 g/mol. The predicted molar refractivity (Wildman–Crippen MR) is 118 cm³/mol. The first-order chi connectivity index (χ1) is 15.9. The fraction of sp³-hybridized carbons (Fsp3) is 0.440. The van der Waals surface area contributed by atoms with Crippen molar-refractivity contribution in [3.05, 3.63) is 71.6 Å². The number of aromatic nitrogens is 3. The van der Waals surface area contributed by atoms with Gasteiger partial charge in [-0.15, -0.1) is 5.10 Å². The highest BCUT2D eigenvalue weighted by molar-refractivity contribution is 5.91. The van der Waals surface area contributed by atoms with E-state index in [2.05, 4.69) is 29.9 Å². The third kappa shape index (κ3) is 4.48. The van der Waals surface area contributed by atoms with Crippen LogP contribution in [0, 0.1) is 5.92 Å². The molecule has 0 unspecified atom stereocenters. The molecule has 2 aliphatic heterocycles. The number of carbonyl (C=O) groups excluding carboxylic acids is 2. The van der Waals surface area contributed by atoms with Crippen LogP contribution in [0.1, 0.15) is 48.7 Å². The van der Waals surface area contributed by atoms with Crippen LogP contribution in [0.4, 0.5) is 0 Å². The Morgan fingerprint density at radius 2 is 2.15 bits per heavy atom. The van der Waals surface area contributed by atoms with Crippen molar-refractivity contribution in [2.45, 2.75) is 63.6 Å². The second kappa shape index (κ2) is 8.59. The van der Waals surface area contributed by atoms with E-state index < -0.39 is 5.97 Å². The molecule has 172 valence electrons. The van der Waals surface area contributed by atoms with Crippen LogP contribution in [0.25, 0.3) is 0 Å². The molecule has 3 heterocycles. The number of epoxide rings is 1. The first-order valence-electron chi connectivity index (χ1n) is 11.3. The van der Waals surface area contributed by atoms with E-state index in [0.29, 0.717) is 23.4 Å². The molecule has 8 nitrogen and oxygen atoms in total. The van der Waals surface area contributed by atoms with Crippen molar-refractivity contribution < 1.29 is 23.8 Å². The Morgan fingerprint density at radius 3 is 2.97 bits per heavy atom. The van der Waals surface area contributed by atoms with Gasteiger partial charge in [-0.3, -0.25) is 0 Å². The van der Waals surface area contributed by atoms with Crippen LogP contribution < -0.4 is 0 Å². The summed E-state index contributed by atoms with van der Waals surface area (Å²) in [5.74, 6) is -0.731. The zero-order valence-electron chi connectivity index (χ0n) is 18.6. The average Bonchev–Trinajstić information content (AvgIpc) is 3.13. The third-order valence-electron chi connectivity index (χ3n) is 6.75. The highest BCUT2D eigenvalue weighted by Gasteiger charge is 2.61. The van der Waals surface area contributed by atoms with Gasteiger partial charge < -0.3 is 14.2 Å². The number of allylic oxidation sites excluding steroid dienone is 2. The topological polar surface area (TPSA) is 95.8 Å². The van der Waals surface area contributed by atoms with Crippen LogP contribution in [0.15, 0.2) is 60.3 Å². The zero-order chi connectivity index (χ0) is 23.0. The van der Waals surface area contributed by atoms with Crippen LogP contribution in [0.3, 0.4) is 0 Å². The number of fused-ring (bicyclic) bond motifs is 3. The Morgan fingerprint density at radius 1 is 1.33 bits per heavy atom. The van der Waals surface area contributed by atoms with Crippen LogP contribution in [0.5, 0.6) is 0 Å². The molecular formula is C25H27N3O5. The monoisotopic (exact) mass is 449 g/mol. The van der Waals surface area contributed by atoms with Gasteiger partial charge >= 0.3 is 11.9 Å². The molecule has 0 amide bonds. The maximum absolute atomic E-state index is 12.1. The molecule has 0 saturated carbocycles. The first-order valence-corrected chi connectivity index (χ1v) is 11.3. The number of hydrogen-bond acceptors (Lipinski definition) is 7. The predicted octanol–water partition coefficient (Wildman–Crippen LogP) is 3.39. The van der Waals surface area contributed by atoms with Crippen LogP contribution in [0.2, 0.25) is 0 Å². The fourth-order valence-electron chi connectivity index (χ4n) is 4.75. The number of benzene rings is 1. The van der Waals surface area contributed by atoms with Crippen molar-refractivity contribution in [3.8, 4) is 0 Å². The van der Waals surface area contributed by atoms with Crippen molar-refractivity contribution in [2.75, 3.05) is 0 Å². The van der Waals surface area contributed by atoms with Gasteiger partial charge in [0.1, 0.15) is 24.5 Å². The summed E-state index contributed by atoms with van der Waals surface area (Å²) in [6, 6.07) is 8.85. The lowest BCUT2D eigenvalue weighted by Crippen LogP contribution is -2.29. The molecule has 1 aromatic heterocycles. The second-order valence-electron chi connectivity index (χ2n) is 9.14. The van der Waals surface area contributed by atoms with Gasteiger partial charge in [-0.25, -0.2) is 14.3 Å². The molecule has 0 N–H and O–H groups in total. The molecule has 2 fully saturated rings. The number of carbonyl (C=O) groups is 2. The summed E-state index contributed by atoms with van der Waals surface area (Å²) in [6.07, 6.45) is 7.07. The van der Waals surface area contributed by atoms with Gasteiger partial charge in [0.2, 0.25) is 0 Å². The number of rotatable bonds is 5. The highest BCUT2D eigenvalue weighted by Crippen LogP contribution is 2.49. The minimum atomic E-state index is -0.391. The van der Waals surface area contributed by atoms with Crippen LogP contribution in [-0.2, 0) is 32.2 Å². The summed E-state index contributed by atoms with van der Waals surface area (Å²) in [5, 5.41) is 8.34. The van der Waals surface area contributed by atoms with Crippen molar-refractivity contribution in [2.24, 2.45) is 5.92 Å². The van der Waals surface area contributed by atoms with E-state index >= 15 is 0 Å². The Hall–Kier alpha value is -3.26. The van der Waals surface area contributed by atoms with Gasteiger partial charge in [-0.2, -0.15) is 0 Å². The summed E-state index contributed by atoms with van der Waals surface area (Å²) in [5.41, 5.74) is 2.59. The van der Waals surface area contributed by atoms with E-state index in [-0.39, 0.29) is 36.3 Å². The molecule has 0 bridgehead atoms. The zero-order valence-corrected chi connectivity index (χ0v) is 18.6. The van der Waals surface area contributed by atoms with Crippen molar-refractivity contribution >= 4 is 11.9 Å². The summed E-state index contributed by atoms with van der Waals surface area (Å²) in [6.45, 7) is 6.70. The van der Waals surface area contributed by atoms with E-state index in [1.165, 1.54) is 5.57 Å². The summed E-state index contributed by atoms with van der Waals surface area (Å²) in [4.78, 5) is 24.3. The molecule has 3 aliphatic rings. The van der Waals surface area contributed by atoms with E-state index in [1.54, 1.807) is 35.1 Å². The second-order valence-corrected chi connectivity index (χ2v) is 9.14. The van der Waals surface area contributed by atoms with Crippen molar-refractivity contribution in [1.29, 1.82) is 0 Å². The third-order valence-corrected chi connectivity index (χ3v) is 6.75. The van der Waals surface area contributed by atoms with Gasteiger partial charge in [-0.05, 0) is 44.7 Å². The molecule has 2 aromatic rings.